The van der Waals surface area contributed by atoms with Gasteiger partial charge in [0.25, 0.3) is 0 Å². The summed E-state index contributed by atoms with van der Waals surface area (Å²) in [4.78, 5) is 2.83. The molecule has 1 atom stereocenters. The molecule has 19 heavy (non-hydrogen) atoms. The molecule has 1 aliphatic carbocycles. The zero-order chi connectivity index (χ0) is 14.1. The lowest BCUT2D eigenvalue weighted by atomic mass is 9.85. The van der Waals surface area contributed by atoms with E-state index in [0.717, 1.165) is 12.0 Å². The molecule has 2 nitrogen and oxygen atoms in total. The summed E-state index contributed by atoms with van der Waals surface area (Å²) < 4.78 is 0. The van der Waals surface area contributed by atoms with Crippen molar-refractivity contribution in [2.45, 2.75) is 78.3 Å². The highest BCUT2D eigenvalue weighted by atomic mass is 15.3. The fourth-order valence-electron chi connectivity index (χ4n) is 3.83. The molecule has 0 amide bonds. The summed E-state index contributed by atoms with van der Waals surface area (Å²) in [7, 11) is 0. The molecule has 0 aromatic heterocycles. The van der Waals surface area contributed by atoms with Gasteiger partial charge in [0.15, 0.2) is 0 Å². The molecule has 0 aromatic carbocycles. The minimum atomic E-state index is 0.374. The second kappa shape index (κ2) is 5.73. The summed E-state index contributed by atoms with van der Waals surface area (Å²) >= 11 is 0. The van der Waals surface area contributed by atoms with Crippen LogP contribution in [-0.2, 0) is 0 Å². The largest absolute Gasteiger partial charge is 0.308 e. The second-order valence-corrected chi connectivity index (χ2v) is 7.35. The molecule has 2 aliphatic rings. The molecule has 1 N–H and O–H groups in total. The van der Waals surface area contributed by atoms with Crippen molar-refractivity contribution in [2.75, 3.05) is 19.6 Å². The molecule has 0 aromatic rings. The zero-order valence-electron chi connectivity index (χ0n) is 13.8. The summed E-state index contributed by atoms with van der Waals surface area (Å²) in [5.41, 5.74) is 1.02. The predicted molar refractivity (Wildman–Crippen MR) is 83.5 cm³/mol. The van der Waals surface area contributed by atoms with Gasteiger partial charge in [0.05, 0.1) is 0 Å². The average Bonchev–Trinajstić information content (AvgIpc) is 3.19. The van der Waals surface area contributed by atoms with Crippen molar-refractivity contribution in [3.8, 4) is 0 Å². The van der Waals surface area contributed by atoms with Gasteiger partial charge in [-0.2, -0.15) is 0 Å². The fourth-order valence-corrected chi connectivity index (χ4v) is 3.83. The van der Waals surface area contributed by atoms with Gasteiger partial charge in [-0.25, -0.2) is 0 Å². The monoisotopic (exact) mass is 266 g/mol. The van der Waals surface area contributed by atoms with Gasteiger partial charge < -0.3 is 5.32 Å². The van der Waals surface area contributed by atoms with Crippen LogP contribution in [0.1, 0.15) is 66.7 Å². The summed E-state index contributed by atoms with van der Waals surface area (Å²) in [5.74, 6) is 0.845. The summed E-state index contributed by atoms with van der Waals surface area (Å²) in [6.07, 6.45) is 6.70. The van der Waals surface area contributed by atoms with E-state index >= 15 is 0 Å². The molecule has 2 heteroatoms. The first-order chi connectivity index (χ1) is 9.01. The Balaban J connectivity index is 2.06. The van der Waals surface area contributed by atoms with E-state index in [1.807, 2.05) is 0 Å². The van der Waals surface area contributed by atoms with Crippen LogP contribution in [0, 0.1) is 11.3 Å². The molecule has 2 fully saturated rings. The van der Waals surface area contributed by atoms with Crippen LogP contribution in [0.5, 0.6) is 0 Å². The Kier molecular flexibility index (Phi) is 4.62. The number of nitrogens with zero attached hydrogens (tertiary/aromatic N) is 1. The van der Waals surface area contributed by atoms with E-state index in [0.29, 0.717) is 11.0 Å². The Bertz CT molecular complexity index is 288. The fraction of sp³-hybridized carbons (Fsp3) is 1.00. The molecule has 0 radical (unpaired) electrons. The lowest BCUT2D eigenvalue weighted by molar-refractivity contribution is 0.0451. The molecule has 1 saturated heterocycles. The van der Waals surface area contributed by atoms with Gasteiger partial charge in [0.2, 0.25) is 0 Å². The normalized spacial score (nSPS) is 29.7. The molecule has 1 heterocycles. The summed E-state index contributed by atoms with van der Waals surface area (Å²) in [6, 6.07) is 0.752. The maximum Gasteiger partial charge on any atom is 0.0304 e. The molecule has 2 rings (SSSR count). The lowest BCUT2D eigenvalue weighted by Gasteiger charge is -2.49. The summed E-state index contributed by atoms with van der Waals surface area (Å²) in [5, 5.41) is 3.86. The molecular formula is C17H34N2. The van der Waals surface area contributed by atoms with Crippen molar-refractivity contribution >= 4 is 0 Å². The van der Waals surface area contributed by atoms with E-state index in [1.54, 1.807) is 0 Å². The molecular weight excluding hydrogens is 232 g/mol. The number of nitrogens with one attached hydrogen (secondary N) is 1. The van der Waals surface area contributed by atoms with E-state index in [9.17, 15) is 0 Å². The molecule has 0 spiro atoms. The van der Waals surface area contributed by atoms with Crippen LogP contribution in [0.25, 0.3) is 0 Å². The van der Waals surface area contributed by atoms with Crippen LogP contribution < -0.4 is 5.32 Å². The van der Waals surface area contributed by atoms with Crippen LogP contribution in [-0.4, -0.2) is 36.1 Å². The number of rotatable bonds is 6. The smallest absolute Gasteiger partial charge is 0.0304 e. The molecule has 0 bridgehead atoms. The van der Waals surface area contributed by atoms with Gasteiger partial charge in [-0.3, -0.25) is 4.90 Å². The van der Waals surface area contributed by atoms with E-state index in [1.165, 1.54) is 51.7 Å². The third-order valence-electron chi connectivity index (χ3n) is 6.19. The summed E-state index contributed by atoms with van der Waals surface area (Å²) in [6.45, 7) is 15.7. The first-order valence-corrected chi connectivity index (χ1v) is 8.50. The Morgan fingerprint density at radius 3 is 2.21 bits per heavy atom. The Morgan fingerprint density at radius 1 is 1.16 bits per heavy atom. The minimum absolute atomic E-state index is 0.374. The zero-order valence-corrected chi connectivity index (χ0v) is 13.8. The molecule has 1 aliphatic heterocycles. The number of hydrogen-bond donors (Lipinski definition) is 1. The molecule has 1 unspecified atom stereocenters. The van der Waals surface area contributed by atoms with Crippen molar-refractivity contribution in [2.24, 2.45) is 11.3 Å². The average molecular weight is 266 g/mol. The Labute approximate surface area is 120 Å². The molecule has 112 valence electrons. The first kappa shape index (κ1) is 15.3. The van der Waals surface area contributed by atoms with Crippen LogP contribution in [0.4, 0.5) is 0 Å². The third-order valence-corrected chi connectivity index (χ3v) is 6.19. The minimum Gasteiger partial charge on any atom is -0.308 e. The Hall–Kier alpha value is -0.0800. The van der Waals surface area contributed by atoms with Crippen LogP contribution in [0.15, 0.2) is 0 Å². The molecule has 1 saturated carbocycles. The van der Waals surface area contributed by atoms with Crippen molar-refractivity contribution in [3.63, 3.8) is 0 Å². The second-order valence-electron chi connectivity index (χ2n) is 7.35. The number of piperazine rings is 1. The highest BCUT2D eigenvalue weighted by molar-refractivity contribution is 5.03. The van der Waals surface area contributed by atoms with Crippen molar-refractivity contribution in [1.82, 2.24) is 10.2 Å². The van der Waals surface area contributed by atoms with Gasteiger partial charge >= 0.3 is 0 Å². The van der Waals surface area contributed by atoms with Crippen LogP contribution >= 0.6 is 0 Å². The predicted octanol–water partition coefficient (Wildman–Crippen LogP) is 3.67. The third kappa shape index (κ3) is 3.00. The lowest BCUT2D eigenvalue weighted by Crippen LogP contribution is -2.64. The van der Waals surface area contributed by atoms with Crippen molar-refractivity contribution in [3.05, 3.63) is 0 Å². The number of hydrogen-bond acceptors (Lipinski definition) is 2. The first-order valence-electron chi connectivity index (χ1n) is 8.50. The van der Waals surface area contributed by atoms with Gasteiger partial charge in [-0.1, -0.05) is 34.6 Å². The Morgan fingerprint density at radius 2 is 1.79 bits per heavy atom. The van der Waals surface area contributed by atoms with Gasteiger partial charge in [0, 0.05) is 31.2 Å². The van der Waals surface area contributed by atoms with E-state index in [4.69, 9.17) is 0 Å². The quantitative estimate of drug-likeness (QED) is 0.789. The SMILES string of the molecule is CCC1CNC(CC)(CC)CN1CC1(C(C)C)CC1. The maximum absolute atomic E-state index is 3.86. The van der Waals surface area contributed by atoms with Crippen LogP contribution in [0.3, 0.4) is 0 Å². The maximum atomic E-state index is 3.86. The van der Waals surface area contributed by atoms with Crippen LogP contribution in [0.2, 0.25) is 0 Å². The van der Waals surface area contributed by atoms with Crippen molar-refractivity contribution in [1.29, 1.82) is 0 Å². The van der Waals surface area contributed by atoms with Gasteiger partial charge in [-0.05, 0) is 43.4 Å². The highest BCUT2D eigenvalue weighted by Crippen LogP contribution is 2.52. The van der Waals surface area contributed by atoms with Gasteiger partial charge in [0.1, 0.15) is 0 Å². The van der Waals surface area contributed by atoms with Crippen molar-refractivity contribution < 1.29 is 0 Å². The standard InChI is InChI=1S/C17H34N2/c1-6-15-11-18-17(7-2,8-3)13-19(15)12-16(9-10-16)14(4)5/h14-15,18H,6-13H2,1-5H3. The van der Waals surface area contributed by atoms with Gasteiger partial charge in [-0.15, -0.1) is 0 Å². The van der Waals surface area contributed by atoms with E-state index in [2.05, 4.69) is 44.8 Å². The van der Waals surface area contributed by atoms with E-state index < -0.39 is 0 Å². The van der Waals surface area contributed by atoms with E-state index in [-0.39, 0.29) is 0 Å². The highest BCUT2D eigenvalue weighted by Gasteiger charge is 2.48. The topological polar surface area (TPSA) is 15.3 Å².